The molecule has 0 saturated carbocycles. The van der Waals surface area contributed by atoms with Crippen molar-refractivity contribution in [1.82, 2.24) is 0 Å². The summed E-state index contributed by atoms with van der Waals surface area (Å²) in [5.74, 6) is 0.277. The number of ether oxygens (including phenoxy) is 3. The second-order valence-corrected chi connectivity index (χ2v) is 7.63. The van der Waals surface area contributed by atoms with E-state index in [0.29, 0.717) is 19.8 Å². The molecule has 0 radical (unpaired) electrons. The fraction of sp³-hybridized carbons (Fsp3) is 0.625. The van der Waals surface area contributed by atoms with E-state index in [1.54, 1.807) is 0 Å². The monoisotopic (exact) mass is 368 g/mol. The zero-order valence-electron chi connectivity index (χ0n) is 14.9. The molecule has 0 bridgehead atoms. The minimum atomic E-state index is -4.20. The van der Waals surface area contributed by atoms with E-state index in [9.17, 15) is 13.0 Å². The molecule has 0 aromatic heterocycles. The van der Waals surface area contributed by atoms with Crippen molar-refractivity contribution < 1.29 is 56.7 Å². The summed E-state index contributed by atoms with van der Waals surface area (Å²) in [7, 11) is -4.20. The number of rotatable bonds is 10. The van der Waals surface area contributed by atoms with Crippen molar-refractivity contribution in [2.24, 2.45) is 0 Å². The van der Waals surface area contributed by atoms with Gasteiger partial charge in [-0.1, -0.05) is 32.9 Å². The first-order valence-electron chi connectivity index (χ1n) is 7.51. The molecule has 6 nitrogen and oxygen atoms in total. The van der Waals surface area contributed by atoms with E-state index in [-0.39, 0.29) is 48.2 Å². The Bertz CT molecular complexity index is 551. The van der Waals surface area contributed by atoms with Crippen LogP contribution in [0.25, 0.3) is 0 Å². The molecule has 0 atom stereocenters. The predicted molar refractivity (Wildman–Crippen MR) is 86.8 cm³/mol. The fourth-order valence-corrected chi connectivity index (χ4v) is 2.07. The smallest absolute Gasteiger partial charge is 0.748 e. The van der Waals surface area contributed by atoms with Crippen LogP contribution in [0.1, 0.15) is 26.3 Å². The molecule has 0 heterocycles. The van der Waals surface area contributed by atoms with Crippen molar-refractivity contribution in [3.05, 3.63) is 29.8 Å². The Kier molecular flexibility index (Phi) is 11.4. The predicted octanol–water partition coefficient (Wildman–Crippen LogP) is -1.05. The Labute approximate surface area is 166 Å². The number of benzene rings is 1. The molecule has 0 aliphatic rings. The van der Waals surface area contributed by atoms with Crippen LogP contribution < -0.4 is 34.3 Å². The normalized spacial score (nSPS) is 11.8. The molecular formula is C16H25NaO6S. The van der Waals surface area contributed by atoms with E-state index in [4.69, 9.17) is 14.2 Å². The van der Waals surface area contributed by atoms with E-state index in [1.165, 1.54) is 5.56 Å². The molecule has 0 aliphatic carbocycles. The van der Waals surface area contributed by atoms with Gasteiger partial charge in [0, 0.05) is 0 Å². The van der Waals surface area contributed by atoms with E-state index >= 15 is 0 Å². The third-order valence-corrected chi connectivity index (χ3v) is 3.73. The maximum atomic E-state index is 10.3. The SMILES string of the molecule is CC(C)(C)c1ccc(OCCOCCOCCS(=O)(=O)[O-])cc1.[Na+]. The topological polar surface area (TPSA) is 84.9 Å². The Hall–Kier alpha value is -0.150. The molecule has 0 amide bonds. The summed E-state index contributed by atoms with van der Waals surface area (Å²) in [6.07, 6.45) is 0. The molecular weight excluding hydrogens is 343 g/mol. The summed E-state index contributed by atoms with van der Waals surface area (Å²) in [4.78, 5) is 0. The van der Waals surface area contributed by atoms with Gasteiger partial charge < -0.3 is 18.8 Å². The molecule has 1 rings (SSSR count). The van der Waals surface area contributed by atoms with E-state index < -0.39 is 15.9 Å². The Balaban J connectivity index is 0.00000529. The van der Waals surface area contributed by atoms with Crippen LogP contribution >= 0.6 is 0 Å². The van der Waals surface area contributed by atoms with Gasteiger partial charge in [0.25, 0.3) is 0 Å². The first-order valence-corrected chi connectivity index (χ1v) is 9.08. The molecule has 0 saturated heterocycles. The molecule has 24 heavy (non-hydrogen) atoms. The minimum absolute atomic E-state index is 0. The molecule has 8 heteroatoms. The van der Waals surface area contributed by atoms with Gasteiger partial charge in [0.1, 0.15) is 12.4 Å². The summed E-state index contributed by atoms with van der Waals surface area (Å²) >= 11 is 0. The molecule has 0 unspecified atom stereocenters. The van der Waals surface area contributed by atoms with Gasteiger partial charge in [0.15, 0.2) is 0 Å². The van der Waals surface area contributed by atoms with Crippen LogP contribution in [0.3, 0.4) is 0 Å². The van der Waals surface area contributed by atoms with Crippen LogP contribution in [-0.2, 0) is 25.0 Å². The van der Waals surface area contributed by atoms with Crippen molar-refractivity contribution in [2.45, 2.75) is 26.2 Å². The number of hydrogen-bond donors (Lipinski definition) is 0. The summed E-state index contributed by atoms with van der Waals surface area (Å²) < 4.78 is 46.8. The van der Waals surface area contributed by atoms with Crippen LogP contribution in [0.15, 0.2) is 24.3 Å². The maximum Gasteiger partial charge on any atom is 1.00 e. The van der Waals surface area contributed by atoms with Gasteiger partial charge in [-0.2, -0.15) is 0 Å². The van der Waals surface area contributed by atoms with E-state index in [1.807, 2.05) is 24.3 Å². The standard InChI is InChI=1S/C16H26O6S.Na/c1-16(2,3)14-4-6-15(7-5-14)22-11-10-20-8-9-21-12-13-23(17,18)19;/h4-7H,8-13H2,1-3H3,(H,17,18,19);/q;+1/p-1. The molecule has 0 spiro atoms. The fourth-order valence-electron chi connectivity index (χ4n) is 1.75. The largest absolute Gasteiger partial charge is 1.00 e. The maximum absolute atomic E-state index is 10.3. The Morgan fingerprint density at radius 1 is 0.917 bits per heavy atom. The van der Waals surface area contributed by atoms with Gasteiger partial charge in [0.05, 0.1) is 42.3 Å². The average molecular weight is 368 g/mol. The van der Waals surface area contributed by atoms with Crippen LogP contribution in [-0.4, -0.2) is 51.8 Å². The quantitative estimate of drug-likeness (QED) is 0.298. The summed E-state index contributed by atoms with van der Waals surface area (Å²) in [5.41, 5.74) is 1.37. The van der Waals surface area contributed by atoms with E-state index in [0.717, 1.165) is 5.75 Å². The van der Waals surface area contributed by atoms with Crippen molar-refractivity contribution in [3.8, 4) is 5.75 Å². The zero-order valence-corrected chi connectivity index (χ0v) is 17.7. The molecule has 0 N–H and O–H groups in total. The second-order valence-electron chi connectivity index (χ2n) is 6.11. The van der Waals surface area contributed by atoms with Gasteiger partial charge >= 0.3 is 29.6 Å². The minimum Gasteiger partial charge on any atom is -0.748 e. The molecule has 132 valence electrons. The summed E-state index contributed by atoms with van der Waals surface area (Å²) in [6, 6.07) is 7.97. The second kappa shape index (κ2) is 11.5. The van der Waals surface area contributed by atoms with Crippen molar-refractivity contribution in [1.29, 1.82) is 0 Å². The van der Waals surface area contributed by atoms with Gasteiger partial charge in [-0.3, -0.25) is 0 Å². The first-order chi connectivity index (χ1) is 10.7. The molecule has 1 aromatic rings. The molecule has 1 aromatic carbocycles. The van der Waals surface area contributed by atoms with Crippen molar-refractivity contribution in [2.75, 3.05) is 38.8 Å². The molecule has 0 fully saturated rings. The number of hydrogen-bond acceptors (Lipinski definition) is 6. The zero-order chi connectivity index (χ0) is 17.3. The summed E-state index contributed by atoms with van der Waals surface area (Å²) in [6.45, 7) is 7.77. The first kappa shape index (κ1) is 23.9. The molecule has 0 aliphatic heterocycles. The van der Waals surface area contributed by atoms with Crippen LogP contribution in [0.4, 0.5) is 0 Å². The summed E-state index contributed by atoms with van der Waals surface area (Å²) in [5, 5.41) is 0. The van der Waals surface area contributed by atoms with Crippen LogP contribution in [0.2, 0.25) is 0 Å². The average Bonchev–Trinajstić information content (AvgIpc) is 2.44. The van der Waals surface area contributed by atoms with Crippen molar-refractivity contribution >= 4 is 10.1 Å². The van der Waals surface area contributed by atoms with Gasteiger partial charge in [-0.25, -0.2) is 8.42 Å². The van der Waals surface area contributed by atoms with Crippen LogP contribution in [0, 0.1) is 0 Å². The van der Waals surface area contributed by atoms with Gasteiger partial charge in [-0.05, 0) is 23.1 Å². The van der Waals surface area contributed by atoms with Gasteiger partial charge in [0.2, 0.25) is 0 Å². The third-order valence-electron chi connectivity index (χ3n) is 3.07. The van der Waals surface area contributed by atoms with Crippen LogP contribution in [0.5, 0.6) is 5.75 Å². The Morgan fingerprint density at radius 2 is 1.42 bits per heavy atom. The van der Waals surface area contributed by atoms with Crippen molar-refractivity contribution in [3.63, 3.8) is 0 Å². The van der Waals surface area contributed by atoms with E-state index in [2.05, 4.69) is 20.8 Å². The van der Waals surface area contributed by atoms with Gasteiger partial charge in [-0.15, -0.1) is 0 Å². The third kappa shape index (κ3) is 11.4. The Morgan fingerprint density at radius 3 is 1.92 bits per heavy atom.